The fraction of sp³-hybridized carbons (Fsp3) is 0.500. The first kappa shape index (κ1) is 12.7. The van der Waals surface area contributed by atoms with Crippen LogP contribution < -0.4 is 5.32 Å². The smallest absolute Gasteiger partial charge is 0.335 e. The van der Waals surface area contributed by atoms with Crippen molar-refractivity contribution in [2.45, 2.75) is 30.7 Å². The fourth-order valence-electron chi connectivity index (χ4n) is 5.52. The molecule has 0 amide bonds. The zero-order valence-corrected chi connectivity index (χ0v) is 12.8. The van der Waals surface area contributed by atoms with E-state index in [9.17, 15) is 4.79 Å². The topological polar surface area (TPSA) is 41.6 Å². The lowest BCUT2D eigenvalue weighted by molar-refractivity contribution is -0.136. The van der Waals surface area contributed by atoms with E-state index in [1.54, 1.807) is 0 Å². The number of carbonyl (C=O) groups is 1. The van der Waals surface area contributed by atoms with Crippen LogP contribution in [0.2, 0.25) is 0 Å². The monoisotopic (exact) mass is 296 g/mol. The molecule has 1 N–H and O–H groups in total. The molecule has 1 aliphatic carbocycles. The quantitative estimate of drug-likeness (QED) is 0.807. The van der Waals surface area contributed by atoms with Crippen molar-refractivity contribution in [2.75, 3.05) is 25.5 Å². The molecule has 0 unspecified atom stereocenters. The van der Waals surface area contributed by atoms with Gasteiger partial charge in [-0.05, 0) is 49.9 Å². The van der Waals surface area contributed by atoms with Crippen molar-refractivity contribution in [3.8, 4) is 0 Å². The normalized spacial score (nSPS) is 35.0. The summed E-state index contributed by atoms with van der Waals surface area (Å²) in [6.45, 7) is 2.30. The molecule has 0 bridgehead atoms. The predicted octanol–water partition coefficient (Wildman–Crippen LogP) is 2.27. The van der Waals surface area contributed by atoms with E-state index in [4.69, 9.17) is 4.74 Å². The van der Waals surface area contributed by atoms with E-state index in [0.717, 1.165) is 30.7 Å². The number of rotatable bonds is 1. The molecule has 2 fully saturated rings. The Kier molecular flexibility index (Phi) is 2.39. The third-order valence-electron chi connectivity index (χ3n) is 6.24. The van der Waals surface area contributed by atoms with Gasteiger partial charge in [-0.1, -0.05) is 18.2 Å². The number of benzene rings is 1. The highest BCUT2D eigenvalue weighted by Crippen LogP contribution is 2.61. The summed E-state index contributed by atoms with van der Waals surface area (Å²) in [5, 5.41) is 3.58. The van der Waals surface area contributed by atoms with Gasteiger partial charge in [-0.3, -0.25) is 4.90 Å². The van der Waals surface area contributed by atoms with Crippen molar-refractivity contribution >= 4 is 11.7 Å². The minimum absolute atomic E-state index is 0.0144. The number of hydrogen-bond donors (Lipinski definition) is 1. The maximum atomic E-state index is 12.4. The average Bonchev–Trinajstić information content (AvgIpc) is 3.22. The molecule has 0 aromatic heterocycles. The van der Waals surface area contributed by atoms with E-state index >= 15 is 0 Å². The SMILES string of the molecule is COC(=O)C1=C2Nc3ccccc3[C@]23CCN2CC[C@H](C1)[C@@H]23. The van der Waals surface area contributed by atoms with E-state index < -0.39 is 0 Å². The van der Waals surface area contributed by atoms with Crippen molar-refractivity contribution in [3.05, 3.63) is 41.1 Å². The lowest BCUT2D eigenvalue weighted by atomic mass is 9.64. The maximum Gasteiger partial charge on any atom is 0.335 e. The van der Waals surface area contributed by atoms with Crippen molar-refractivity contribution in [1.29, 1.82) is 0 Å². The van der Waals surface area contributed by atoms with Gasteiger partial charge in [0.1, 0.15) is 0 Å². The van der Waals surface area contributed by atoms with Gasteiger partial charge in [0.15, 0.2) is 0 Å². The molecule has 4 nitrogen and oxygen atoms in total. The van der Waals surface area contributed by atoms with Gasteiger partial charge in [0.25, 0.3) is 0 Å². The number of methoxy groups -OCH3 is 1. The first-order valence-electron chi connectivity index (χ1n) is 8.18. The number of fused-ring (bicyclic) bond motifs is 1. The van der Waals surface area contributed by atoms with Gasteiger partial charge in [-0.15, -0.1) is 0 Å². The van der Waals surface area contributed by atoms with Crippen LogP contribution in [0.15, 0.2) is 35.5 Å². The number of nitrogens with one attached hydrogen (secondary N) is 1. The molecule has 2 saturated heterocycles. The van der Waals surface area contributed by atoms with Crippen LogP contribution in [0.25, 0.3) is 0 Å². The van der Waals surface area contributed by atoms with Gasteiger partial charge in [-0.25, -0.2) is 4.79 Å². The molecular formula is C18H20N2O2. The van der Waals surface area contributed by atoms with Crippen LogP contribution in [-0.2, 0) is 14.9 Å². The lowest BCUT2D eigenvalue weighted by Gasteiger charge is -2.41. The summed E-state index contributed by atoms with van der Waals surface area (Å²) < 4.78 is 5.10. The van der Waals surface area contributed by atoms with E-state index in [2.05, 4.69) is 34.5 Å². The number of esters is 1. The van der Waals surface area contributed by atoms with Crippen molar-refractivity contribution < 1.29 is 9.53 Å². The third kappa shape index (κ3) is 1.30. The highest BCUT2D eigenvalue weighted by atomic mass is 16.5. The summed E-state index contributed by atoms with van der Waals surface area (Å²) in [6.07, 6.45) is 3.16. The van der Waals surface area contributed by atoms with E-state index in [-0.39, 0.29) is 11.4 Å². The zero-order valence-electron chi connectivity index (χ0n) is 12.8. The Bertz CT molecular complexity index is 711. The molecule has 5 rings (SSSR count). The minimum Gasteiger partial charge on any atom is -0.466 e. The molecule has 1 spiro atoms. The highest BCUT2D eigenvalue weighted by Gasteiger charge is 2.62. The van der Waals surface area contributed by atoms with Crippen LogP contribution in [0.1, 0.15) is 24.8 Å². The summed E-state index contributed by atoms with van der Waals surface area (Å²) in [5.74, 6) is 0.423. The summed E-state index contributed by atoms with van der Waals surface area (Å²) in [5.41, 5.74) is 4.55. The number of ether oxygens (including phenoxy) is 1. The van der Waals surface area contributed by atoms with E-state index in [0.29, 0.717) is 12.0 Å². The first-order valence-corrected chi connectivity index (χ1v) is 8.18. The van der Waals surface area contributed by atoms with Gasteiger partial charge in [-0.2, -0.15) is 0 Å². The first-order chi connectivity index (χ1) is 10.8. The van der Waals surface area contributed by atoms with Crippen molar-refractivity contribution in [1.82, 2.24) is 4.90 Å². The van der Waals surface area contributed by atoms with Gasteiger partial charge < -0.3 is 10.1 Å². The van der Waals surface area contributed by atoms with Gasteiger partial charge >= 0.3 is 5.97 Å². The van der Waals surface area contributed by atoms with Gasteiger partial charge in [0.05, 0.1) is 18.1 Å². The molecule has 0 saturated carbocycles. The zero-order chi connectivity index (χ0) is 14.9. The van der Waals surface area contributed by atoms with Crippen molar-refractivity contribution in [3.63, 3.8) is 0 Å². The summed E-state index contributed by atoms with van der Waals surface area (Å²) in [6, 6.07) is 9.12. The predicted molar refractivity (Wildman–Crippen MR) is 83.5 cm³/mol. The Morgan fingerprint density at radius 1 is 1.36 bits per heavy atom. The number of hydrogen-bond acceptors (Lipinski definition) is 4. The molecule has 3 aliphatic heterocycles. The Morgan fingerprint density at radius 3 is 3.09 bits per heavy atom. The van der Waals surface area contributed by atoms with Gasteiger partial charge in [0, 0.05) is 17.4 Å². The number of carbonyl (C=O) groups excluding carboxylic acids is 1. The molecular weight excluding hydrogens is 276 g/mol. The summed E-state index contributed by atoms with van der Waals surface area (Å²) in [4.78, 5) is 15.0. The second-order valence-electron chi connectivity index (χ2n) is 6.97. The van der Waals surface area contributed by atoms with Crippen LogP contribution in [0, 0.1) is 5.92 Å². The second-order valence-corrected chi connectivity index (χ2v) is 6.97. The Hall–Kier alpha value is -1.81. The molecule has 4 heteroatoms. The molecule has 4 aliphatic rings. The van der Waals surface area contributed by atoms with Crippen LogP contribution in [0.3, 0.4) is 0 Å². The van der Waals surface area contributed by atoms with Crippen LogP contribution in [0.5, 0.6) is 0 Å². The number of para-hydroxylation sites is 1. The van der Waals surface area contributed by atoms with Crippen LogP contribution >= 0.6 is 0 Å². The Morgan fingerprint density at radius 2 is 2.23 bits per heavy atom. The van der Waals surface area contributed by atoms with E-state index in [1.165, 1.54) is 31.3 Å². The second kappa shape index (κ2) is 4.13. The number of nitrogens with zero attached hydrogens (tertiary/aromatic N) is 1. The molecule has 114 valence electrons. The minimum atomic E-state index is -0.154. The third-order valence-corrected chi connectivity index (χ3v) is 6.24. The molecule has 1 aromatic carbocycles. The average molecular weight is 296 g/mol. The maximum absolute atomic E-state index is 12.4. The molecule has 22 heavy (non-hydrogen) atoms. The van der Waals surface area contributed by atoms with Crippen LogP contribution in [0.4, 0.5) is 5.69 Å². The molecule has 3 heterocycles. The summed E-state index contributed by atoms with van der Waals surface area (Å²) in [7, 11) is 1.49. The van der Waals surface area contributed by atoms with Crippen LogP contribution in [-0.4, -0.2) is 37.1 Å². The molecule has 3 atom stereocenters. The Balaban J connectivity index is 1.79. The summed E-state index contributed by atoms with van der Waals surface area (Å²) >= 11 is 0. The van der Waals surface area contributed by atoms with Gasteiger partial charge in [0.2, 0.25) is 0 Å². The standard InChI is InChI=1S/C18H20N2O2/c1-22-17(21)12-10-11-6-8-20-9-7-18(16(11)20)13-4-2-3-5-14(13)19-15(12)18/h2-5,11,16,19H,6-10H2,1H3/t11-,16-,18-/m1/s1. The Labute approximate surface area is 130 Å². The highest BCUT2D eigenvalue weighted by molar-refractivity contribution is 5.93. The molecule has 0 radical (unpaired) electrons. The van der Waals surface area contributed by atoms with Crippen molar-refractivity contribution in [2.24, 2.45) is 5.92 Å². The largest absolute Gasteiger partial charge is 0.466 e. The van der Waals surface area contributed by atoms with E-state index in [1.807, 2.05) is 0 Å². The molecule has 1 aromatic rings. The fourth-order valence-corrected chi connectivity index (χ4v) is 5.52. The number of anilines is 1. The lowest BCUT2D eigenvalue weighted by Crippen LogP contribution is -2.47.